The van der Waals surface area contributed by atoms with Crippen LogP contribution >= 0.6 is 0 Å². The summed E-state index contributed by atoms with van der Waals surface area (Å²) in [6.07, 6.45) is -9.03. The van der Waals surface area contributed by atoms with Crippen LogP contribution in [0.1, 0.15) is 105 Å². The number of likely N-dealkylation sites (N-methyl/N-ethyl adjacent to an activating group) is 2. The molecule has 0 amide bonds. The summed E-state index contributed by atoms with van der Waals surface area (Å²) < 4.78 is 57.8. The van der Waals surface area contributed by atoms with Gasteiger partial charge < -0.3 is 58.5 Å². The Morgan fingerprint density at radius 2 is 1.59 bits per heavy atom. The molecule has 3 saturated heterocycles. The minimum Gasteiger partial charge on any atom is -0.459 e. The van der Waals surface area contributed by atoms with Crippen LogP contribution < -0.4 is 0 Å². The molecule has 0 bridgehead atoms. The van der Waals surface area contributed by atoms with Crippen molar-refractivity contribution in [2.45, 2.75) is 185 Å². The lowest BCUT2D eigenvalue weighted by atomic mass is 9.77. The molecule has 0 aliphatic carbocycles. The molecule has 0 radical (unpaired) electrons. The van der Waals surface area contributed by atoms with Gasteiger partial charge in [0.05, 0.1) is 47.1 Å². The van der Waals surface area contributed by atoms with Crippen LogP contribution in [0.25, 0.3) is 0 Å². The molecule has 0 aromatic heterocycles. The molecule has 61 heavy (non-hydrogen) atoms. The van der Waals surface area contributed by atoms with Crippen molar-refractivity contribution in [3.05, 3.63) is 35.6 Å². The third-order valence-corrected chi connectivity index (χ3v) is 13.5. The number of halogens is 1. The second-order valence-electron chi connectivity index (χ2n) is 19.1. The fraction of sp³-hybridized carbons (Fsp3) is 0.822. The number of esters is 2. The molecule has 1 aromatic carbocycles. The third kappa shape index (κ3) is 11.9. The molecule has 0 spiro atoms. The number of hydrogen-bond donors (Lipinski definition) is 4. The van der Waals surface area contributed by atoms with E-state index in [1.54, 1.807) is 48.5 Å². The number of aliphatic hydroxyl groups excluding tert-OH is 2. The van der Waals surface area contributed by atoms with Gasteiger partial charge in [-0.05, 0) is 119 Å². The summed E-state index contributed by atoms with van der Waals surface area (Å²) in [4.78, 5) is 32.0. The maximum Gasteiger partial charge on any atom is 0.338 e. The molecule has 1 aromatic rings. The monoisotopic (exact) mass is 871 g/mol. The van der Waals surface area contributed by atoms with E-state index < -0.39 is 108 Å². The van der Waals surface area contributed by atoms with Crippen molar-refractivity contribution in [3.8, 4) is 0 Å². The molecule has 0 saturated carbocycles. The minimum atomic E-state index is -1.96. The molecule has 16 heteroatoms. The molecule has 18 atom stereocenters. The zero-order valence-electron chi connectivity index (χ0n) is 38.7. The Morgan fingerprint density at radius 3 is 2.16 bits per heavy atom. The number of hydrogen-bond acceptors (Lipinski definition) is 15. The number of ether oxygens (including phenoxy) is 7. The Hall–Kier alpha value is -2.35. The van der Waals surface area contributed by atoms with E-state index in [9.17, 15) is 34.4 Å². The van der Waals surface area contributed by atoms with E-state index in [4.69, 9.17) is 33.2 Å². The van der Waals surface area contributed by atoms with Gasteiger partial charge in [-0.3, -0.25) is 9.69 Å². The smallest absolute Gasteiger partial charge is 0.338 e. The maximum absolute atomic E-state index is 14.6. The molecular formula is C45H75FN2O13. The fourth-order valence-corrected chi connectivity index (χ4v) is 9.71. The number of rotatable bonds is 9. The summed E-state index contributed by atoms with van der Waals surface area (Å²) in [5, 5.41) is 47.8. The largest absolute Gasteiger partial charge is 0.459 e. The van der Waals surface area contributed by atoms with Crippen LogP contribution in [-0.4, -0.2) is 167 Å². The first-order valence-electron chi connectivity index (χ1n) is 21.8. The van der Waals surface area contributed by atoms with Gasteiger partial charge >= 0.3 is 11.9 Å². The molecule has 3 heterocycles. The maximum atomic E-state index is 14.6. The Kier molecular flexibility index (Phi) is 17.4. The van der Waals surface area contributed by atoms with Crippen molar-refractivity contribution in [3.63, 3.8) is 0 Å². The zero-order chi connectivity index (χ0) is 45.9. The van der Waals surface area contributed by atoms with E-state index in [1.165, 1.54) is 26.2 Å². The summed E-state index contributed by atoms with van der Waals surface area (Å²) >= 11 is 0. The van der Waals surface area contributed by atoms with Crippen molar-refractivity contribution in [2.75, 3.05) is 34.8 Å². The van der Waals surface area contributed by atoms with Crippen LogP contribution in [0.15, 0.2) is 24.3 Å². The van der Waals surface area contributed by atoms with E-state index in [1.807, 2.05) is 44.8 Å². The number of cyclic esters (lactones) is 1. The predicted molar refractivity (Wildman–Crippen MR) is 224 cm³/mol. The molecule has 3 fully saturated rings. The van der Waals surface area contributed by atoms with Gasteiger partial charge in [-0.25, -0.2) is 9.18 Å². The van der Waals surface area contributed by atoms with E-state index in [2.05, 4.69) is 0 Å². The second-order valence-corrected chi connectivity index (χ2v) is 19.1. The summed E-state index contributed by atoms with van der Waals surface area (Å²) in [5.74, 6) is -4.26. The van der Waals surface area contributed by atoms with E-state index >= 15 is 0 Å². The first-order chi connectivity index (χ1) is 28.3. The Morgan fingerprint density at radius 1 is 0.967 bits per heavy atom. The lowest BCUT2D eigenvalue weighted by molar-refractivity contribution is -0.318. The van der Waals surface area contributed by atoms with Crippen LogP contribution in [0.5, 0.6) is 0 Å². The topological polar surface area (TPSA) is 186 Å². The summed E-state index contributed by atoms with van der Waals surface area (Å²) in [6.45, 7) is 17.7. The van der Waals surface area contributed by atoms with Gasteiger partial charge in [-0.2, -0.15) is 0 Å². The number of carbonyl (C=O) groups excluding carboxylic acids is 2. The van der Waals surface area contributed by atoms with Crippen LogP contribution in [0.4, 0.5) is 4.39 Å². The van der Waals surface area contributed by atoms with Crippen molar-refractivity contribution in [1.82, 2.24) is 9.80 Å². The highest BCUT2D eigenvalue weighted by Gasteiger charge is 2.53. The second kappa shape index (κ2) is 20.7. The highest BCUT2D eigenvalue weighted by Crippen LogP contribution is 2.40. The van der Waals surface area contributed by atoms with Crippen molar-refractivity contribution in [2.24, 2.45) is 17.8 Å². The van der Waals surface area contributed by atoms with Gasteiger partial charge in [-0.1, -0.05) is 20.8 Å². The molecule has 3 aliphatic rings. The first kappa shape index (κ1) is 51.3. The minimum absolute atomic E-state index is 0.0701. The van der Waals surface area contributed by atoms with E-state index in [0.29, 0.717) is 13.0 Å². The van der Waals surface area contributed by atoms with Gasteiger partial charge in [0.2, 0.25) is 0 Å². The molecular weight excluding hydrogens is 795 g/mol. The quantitative estimate of drug-likeness (QED) is 0.262. The molecule has 3 aliphatic heterocycles. The first-order valence-corrected chi connectivity index (χ1v) is 21.8. The lowest BCUT2D eigenvalue weighted by Gasteiger charge is -2.48. The van der Waals surface area contributed by atoms with Crippen LogP contribution in [0.3, 0.4) is 0 Å². The highest BCUT2D eigenvalue weighted by atomic mass is 19.1. The van der Waals surface area contributed by atoms with Gasteiger partial charge in [-0.15, -0.1) is 0 Å². The number of methoxy groups -OCH3 is 1. The van der Waals surface area contributed by atoms with Gasteiger partial charge in [0.25, 0.3) is 0 Å². The van der Waals surface area contributed by atoms with Crippen LogP contribution in [0.2, 0.25) is 0 Å². The predicted octanol–water partition coefficient (Wildman–Crippen LogP) is 3.90. The molecule has 4 N–H and O–H groups in total. The number of benzene rings is 1. The highest BCUT2D eigenvalue weighted by molar-refractivity contribution is 5.89. The van der Waals surface area contributed by atoms with E-state index in [-0.39, 0.29) is 42.9 Å². The number of aliphatic hydroxyl groups is 4. The number of carbonyl (C=O) groups is 2. The SMILES string of the molecule is CC[C@H]1OC(=O)[C@H](C)[C@@H](O[C@H]2C[C@@](C)(OC)[C@@H](O)[C@H](C)O2)[C@H](C)[C@@H](O[C@@H]2O[C@H](C)C[C@H](N(C)C)[C@H]2O)[C@@](C)(O)C[C@@H](C)CN(C)[C@H](C)[C@@H](OC(=O)c2ccc(F)cc2)[C@]1(C)O. The molecule has 0 unspecified atom stereocenters. The molecule has 15 nitrogen and oxygen atoms in total. The van der Waals surface area contributed by atoms with Gasteiger partial charge in [0.1, 0.15) is 35.8 Å². The average molecular weight is 871 g/mol. The Balaban J connectivity index is 1.84. The normalized spacial score (nSPS) is 43.9. The Bertz CT molecular complexity index is 1580. The molecule has 350 valence electrons. The van der Waals surface area contributed by atoms with Crippen LogP contribution in [0, 0.1) is 23.6 Å². The Labute approximate surface area is 362 Å². The van der Waals surface area contributed by atoms with Gasteiger partial charge in [0.15, 0.2) is 12.6 Å². The van der Waals surface area contributed by atoms with Gasteiger partial charge in [0, 0.05) is 38.1 Å². The standard InChI is InChI=1S/C45H75FN2O13/c1-15-33-45(10,54)39(60-41(52)30-16-18-31(46)19-17-30)28(6)48(13)23-24(2)21-43(8,53)38(61-42-35(49)32(47(11)12)20-25(3)56-42)26(4)36(27(5)40(51)58-33)59-34-22-44(9,55-14)37(50)29(7)57-34/h16-19,24-29,32-39,42,49-50,53-54H,15,20-23H2,1-14H3/t24-,25-,26+,27-,28-,29+,32+,33-,34+,35-,36+,37+,38-,39-,42+,43+,44-,45-/m1/s1. The third-order valence-electron chi connectivity index (χ3n) is 13.5. The number of nitrogens with zero attached hydrogens (tertiary/aromatic N) is 2. The van der Waals surface area contributed by atoms with Crippen molar-refractivity contribution < 1.29 is 67.6 Å². The van der Waals surface area contributed by atoms with Crippen molar-refractivity contribution in [1.29, 1.82) is 0 Å². The summed E-state index contributed by atoms with van der Waals surface area (Å²) in [7, 11) is 7.04. The molecule has 4 rings (SSSR count). The van der Waals surface area contributed by atoms with Crippen LogP contribution in [-0.2, 0) is 38.0 Å². The summed E-state index contributed by atoms with van der Waals surface area (Å²) in [6, 6.07) is 3.88. The lowest BCUT2D eigenvalue weighted by Crippen LogP contribution is -2.61. The average Bonchev–Trinajstić information content (AvgIpc) is 3.18. The fourth-order valence-electron chi connectivity index (χ4n) is 9.71. The zero-order valence-corrected chi connectivity index (χ0v) is 38.7. The van der Waals surface area contributed by atoms with E-state index in [0.717, 1.165) is 12.1 Å². The van der Waals surface area contributed by atoms with Crippen molar-refractivity contribution >= 4 is 11.9 Å². The summed E-state index contributed by atoms with van der Waals surface area (Å²) in [5.41, 5.74) is -4.60.